The molecule has 0 bridgehead atoms. The SMILES string of the molecule is Cc1c(C(=O)NCCOc2ccccc2)sc2ncnc(Nc3ccc(F)cc3OC3CCCNC3)c12. The molecule has 0 radical (unpaired) electrons. The van der Waals surface area contributed by atoms with Crippen LogP contribution in [-0.4, -0.2) is 48.2 Å². The second-order valence-electron chi connectivity index (χ2n) is 8.73. The minimum atomic E-state index is -0.376. The fourth-order valence-electron chi connectivity index (χ4n) is 4.24. The molecule has 1 atom stereocenters. The highest BCUT2D eigenvalue weighted by molar-refractivity contribution is 7.20. The summed E-state index contributed by atoms with van der Waals surface area (Å²) in [5, 5.41) is 10.2. The Morgan fingerprint density at radius 1 is 1.22 bits per heavy atom. The highest BCUT2D eigenvalue weighted by Gasteiger charge is 2.21. The number of nitrogens with zero attached hydrogens (tertiary/aromatic N) is 2. The van der Waals surface area contributed by atoms with Crippen LogP contribution in [0.4, 0.5) is 15.9 Å². The molecular formula is C27H28FN5O3S. The highest BCUT2D eigenvalue weighted by Crippen LogP contribution is 2.37. The summed E-state index contributed by atoms with van der Waals surface area (Å²) >= 11 is 1.30. The van der Waals surface area contributed by atoms with E-state index < -0.39 is 0 Å². The van der Waals surface area contributed by atoms with E-state index in [1.165, 1.54) is 29.8 Å². The number of amides is 1. The number of hydrogen-bond acceptors (Lipinski definition) is 8. The molecule has 0 spiro atoms. The zero-order valence-electron chi connectivity index (χ0n) is 20.4. The van der Waals surface area contributed by atoms with Crippen molar-refractivity contribution in [3.63, 3.8) is 0 Å². The first-order valence-corrected chi connectivity index (χ1v) is 13.0. The summed E-state index contributed by atoms with van der Waals surface area (Å²) in [6.07, 6.45) is 3.32. The van der Waals surface area contributed by atoms with Crippen LogP contribution in [0.15, 0.2) is 54.9 Å². The zero-order chi connectivity index (χ0) is 25.6. The first kappa shape index (κ1) is 24.9. The van der Waals surface area contributed by atoms with Crippen molar-refractivity contribution in [1.82, 2.24) is 20.6 Å². The first-order valence-electron chi connectivity index (χ1n) is 12.2. The fraction of sp³-hybridized carbons (Fsp3) is 0.296. The van der Waals surface area contributed by atoms with Gasteiger partial charge in [0.1, 0.15) is 47.0 Å². The molecule has 1 aliphatic rings. The summed E-state index contributed by atoms with van der Waals surface area (Å²) in [5.41, 5.74) is 1.37. The number of benzene rings is 2. The molecule has 3 heterocycles. The molecule has 10 heteroatoms. The number of piperidine rings is 1. The summed E-state index contributed by atoms with van der Waals surface area (Å²) < 4.78 is 25.9. The maximum absolute atomic E-state index is 14.1. The van der Waals surface area contributed by atoms with Crippen molar-refractivity contribution in [3.8, 4) is 11.5 Å². The lowest BCUT2D eigenvalue weighted by Gasteiger charge is -2.25. The van der Waals surface area contributed by atoms with Crippen LogP contribution in [-0.2, 0) is 0 Å². The van der Waals surface area contributed by atoms with Crippen LogP contribution < -0.4 is 25.4 Å². The number of thiophene rings is 1. The van der Waals surface area contributed by atoms with Gasteiger partial charge >= 0.3 is 0 Å². The van der Waals surface area contributed by atoms with Gasteiger partial charge in [-0.25, -0.2) is 14.4 Å². The average Bonchev–Trinajstić information content (AvgIpc) is 3.26. The second kappa shape index (κ2) is 11.5. The van der Waals surface area contributed by atoms with Crippen LogP contribution in [0.1, 0.15) is 28.1 Å². The van der Waals surface area contributed by atoms with E-state index in [9.17, 15) is 9.18 Å². The van der Waals surface area contributed by atoms with Crippen molar-refractivity contribution in [2.24, 2.45) is 0 Å². The van der Waals surface area contributed by atoms with Gasteiger partial charge in [-0.15, -0.1) is 11.3 Å². The van der Waals surface area contributed by atoms with Gasteiger partial charge in [-0.1, -0.05) is 18.2 Å². The molecule has 1 fully saturated rings. The molecule has 37 heavy (non-hydrogen) atoms. The van der Waals surface area contributed by atoms with Crippen LogP contribution in [0.25, 0.3) is 10.2 Å². The minimum absolute atomic E-state index is 0.0365. The lowest BCUT2D eigenvalue weighted by molar-refractivity contribution is 0.0950. The van der Waals surface area contributed by atoms with Crippen molar-refractivity contribution in [2.75, 3.05) is 31.6 Å². The Hall–Kier alpha value is -3.76. The van der Waals surface area contributed by atoms with Gasteiger partial charge in [0.15, 0.2) is 0 Å². The molecule has 8 nitrogen and oxygen atoms in total. The molecule has 0 saturated carbocycles. The van der Waals surface area contributed by atoms with Gasteiger partial charge in [-0.05, 0) is 56.1 Å². The molecule has 1 unspecified atom stereocenters. The number of carbonyl (C=O) groups excluding carboxylic acids is 1. The number of aryl methyl sites for hydroxylation is 1. The van der Waals surface area contributed by atoms with E-state index in [0.717, 1.165) is 36.1 Å². The summed E-state index contributed by atoms with van der Waals surface area (Å²) in [4.78, 5) is 23.0. The number of aromatic nitrogens is 2. The normalized spacial score (nSPS) is 15.4. The van der Waals surface area contributed by atoms with Gasteiger partial charge < -0.3 is 25.4 Å². The predicted molar refractivity (Wildman–Crippen MR) is 143 cm³/mol. The quantitative estimate of drug-likeness (QED) is 0.272. The van der Waals surface area contributed by atoms with Gasteiger partial charge in [-0.3, -0.25) is 4.79 Å². The lowest BCUT2D eigenvalue weighted by Crippen LogP contribution is -2.37. The molecule has 2 aromatic heterocycles. The summed E-state index contributed by atoms with van der Waals surface area (Å²) in [6, 6.07) is 13.9. The van der Waals surface area contributed by atoms with Crippen molar-refractivity contribution in [1.29, 1.82) is 0 Å². The summed E-state index contributed by atoms with van der Waals surface area (Å²) in [7, 11) is 0. The fourth-order valence-corrected chi connectivity index (χ4v) is 5.30. The number of halogens is 1. The van der Waals surface area contributed by atoms with Crippen molar-refractivity contribution in [3.05, 3.63) is 71.1 Å². The lowest BCUT2D eigenvalue weighted by atomic mass is 10.1. The van der Waals surface area contributed by atoms with Crippen LogP contribution in [0.5, 0.6) is 11.5 Å². The Bertz CT molecular complexity index is 1380. The third kappa shape index (κ3) is 5.98. The van der Waals surface area contributed by atoms with E-state index in [1.54, 1.807) is 6.07 Å². The van der Waals surface area contributed by atoms with E-state index in [2.05, 4.69) is 25.9 Å². The van der Waals surface area contributed by atoms with Gasteiger partial charge in [0.2, 0.25) is 0 Å². The molecule has 5 rings (SSSR count). The van der Waals surface area contributed by atoms with Crippen molar-refractivity contribution < 1.29 is 18.7 Å². The maximum atomic E-state index is 14.1. The Labute approximate surface area is 218 Å². The smallest absolute Gasteiger partial charge is 0.261 e. The maximum Gasteiger partial charge on any atom is 0.261 e. The van der Waals surface area contributed by atoms with Crippen LogP contribution in [0.3, 0.4) is 0 Å². The summed E-state index contributed by atoms with van der Waals surface area (Å²) in [6.45, 7) is 4.27. The highest BCUT2D eigenvalue weighted by atomic mass is 32.1. The Kier molecular flexibility index (Phi) is 7.76. The third-order valence-corrected chi connectivity index (χ3v) is 7.27. The number of nitrogens with one attached hydrogen (secondary N) is 3. The number of rotatable bonds is 9. The molecule has 1 amide bonds. The Morgan fingerprint density at radius 2 is 2.08 bits per heavy atom. The predicted octanol–water partition coefficient (Wildman–Crippen LogP) is 4.82. The monoisotopic (exact) mass is 521 g/mol. The second-order valence-corrected chi connectivity index (χ2v) is 9.73. The third-order valence-electron chi connectivity index (χ3n) is 6.07. The first-order chi connectivity index (χ1) is 18.1. The zero-order valence-corrected chi connectivity index (χ0v) is 21.2. The number of ether oxygens (including phenoxy) is 2. The van der Waals surface area contributed by atoms with E-state index in [0.29, 0.717) is 46.7 Å². The minimum Gasteiger partial charge on any atom is -0.492 e. The van der Waals surface area contributed by atoms with Crippen LogP contribution in [0, 0.1) is 12.7 Å². The van der Waals surface area contributed by atoms with Crippen LogP contribution in [0.2, 0.25) is 0 Å². The van der Waals surface area contributed by atoms with E-state index in [-0.39, 0.29) is 17.8 Å². The molecule has 0 aliphatic carbocycles. The molecule has 3 N–H and O–H groups in total. The van der Waals surface area contributed by atoms with Crippen LogP contribution >= 0.6 is 11.3 Å². The number of hydrogen-bond donors (Lipinski definition) is 3. The topological polar surface area (TPSA) is 97.4 Å². The number of fused-ring (bicyclic) bond motifs is 1. The summed E-state index contributed by atoms with van der Waals surface area (Å²) in [5.74, 6) is 1.13. The number of anilines is 2. The molecule has 4 aromatic rings. The molecule has 1 saturated heterocycles. The molecule has 1 aliphatic heterocycles. The average molecular weight is 522 g/mol. The van der Waals surface area contributed by atoms with Gasteiger partial charge in [-0.2, -0.15) is 0 Å². The van der Waals surface area contributed by atoms with Gasteiger partial charge in [0.05, 0.1) is 22.5 Å². The Morgan fingerprint density at radius 3 is 2.89 bits per heavy atom. The molecule has 2 aromatic carbocycles. The molecular weight excluding hydrogens is 493 g/mol. The largest absolute Gasteiger partial charge is 0.492 e. The van der Waals surface area contributed by atoms with E-state index >= 15 is 0 Å². The van der Waals surface area contributed by atoms with Crippen molar-refractivity contribution >= 4 is 39.0 Å². The standard InChI is InChI=1S/C27H28FN5O3S/c1-17-23-25(33-21-10-9-18(28)14-22(21)36-20-8-5-11-29-15-20)31-16-32-27(23)37-24(17)26(34)30-12-13-35-19-6-3-2-4-7-19/h2-4,6-7,9-10,14,16,20,29H,5,8,11-13,15H2,1H3,(H,30,34)(H,31,32,33). The number of carbonyl (C=O) groups is 1. The van der Waals surface area contributed by atoms with E-state index in [4.69, 9.17) is 9.47 Å². The Balaban J connectivity index is 1.32. The van der Waals surface area contributed by atoms with Gasteiger partial charge in [0.25, 0.3) is 5.91 Å². The van der Waals surface area contributed by atoms with E-state index in [1.807, 2.05) is 37.3 Å². The number of para-hydroxylation sites is 1. The molecule has 192 valence electrons. The van der Waals surface area contributed by atoms with Crippen molar-refractivity contribution in [2.45, 2.75) is 25.9 Å². The van der Waals surface area contributed by atoms with Gasteiger partial charge in [0, 0.05) is 12.6 Å².